The van der Waals surface area contributed by atoms with Gasteiger partial charge in [0.05, 0.1) is 0 Å². The van der Waals surface area contributed by atoms with E-state index in [0.29, 0.717) is 5.92 Å². The summed E-state index contributed by atoms with van der Waals surface area (Å²) in [4.78, 5) is 11.5. The molecule has 92 valence electrons. The summed E-state index contributed by atoms with van der Waals surface area (Å²) < 4.78 is 0. The zero-order valence-electron chi connectivity index (χ0n) is 11.0. The fourth-order valence-corrected chi connectivity index (χ4v) is 3.23. The lowest BCUT2D eigenvalue weighted by atomic mass is 9.69. The van der Waals surface area contributed by atoms with E-state index in [9.17, 15) is 0 Å². The second kappa shape index (κ2) is 3.33. The number of hydrogen-bond donors (Lipinski definition) is 0. The molecule has 2 atom stereocenters. The Morgan fingerprint density at radius 1 is 1.18 bits per heavy atom. The van der Waals surface area contributed by atoms with E-state index in [1.165, 1.54) is 16.7 Å². The Morgan fingerprint density at radius 3 is 2.71 bits per heavy atom. The summed E-state index contributed by atoms with van der Waals surface area (Å²) in [6, 6.07) is 6.68. The zero-order chi connectivity index (χ0) is 12.3. The van der Waals surface area contributed by atoms with Gasteiger partial charge in [-0.05, 0) is 51.7 Å². The fraction of sp³-hybridized carbons (Fsp3) is 0.600. The van der Waals surface area contributed by atoms with Crippen LogP contribution in [0.1, 0.15) is 56.2 Å². The van der Waals surface area contributed by atoms with Crippen molar-refractivity contribution in [3.8, 4) is 0 Å². The van der Waals surface area contributed by atoms with Gasteiger partial charge in [-0.2, -0.15) is 0 Å². The summed E-state index contributed by atoms with van der Waals surface area (Å²) >= 11 is 0. The lowest BCUT2D eigenvalue weighted by Crippen LogP contribution is -2.31. The molecular formula is C15H20O2. The van der Waals surface area contributed by atoms with E-state index in [1.807, 2.05) is 0 Å². The van der Waals surface area contributed by atoms with Crippen molar-refractivity contribution in [1.29, 1.82) is 0 Å². The van der Waals surface area contributed by atoms with E-state index in [1.54, 1.807) is 0 Å². The third kappa shape index (κ3) is 1.54. The van der Waals surface area contributed by atoms with E-state index in [2.05, 4.69) is 45.9 Å². The van der Waals surface area contributed by atoms with Crippen molar-refractivity contribution in [2.24, 2.45) is 0 Å². The molecule has 1 aliphatic carbocycles. The summed E-state index contributed by atoms with van der Waals surface area (Å²) in [6.45, 7) is 8.54. The first-order valence-electron chi connectivity index (χ1n) is 6.40. The van der Waals surface area contributed by atoms with E-state index < -0.39 is 0 Å². The maximum atomic E-state index is 5.76. The van der Waals surface area contributed by atoms with Gasteiger partial charge in [0.1, 0.15) is 11.2 Å². The van der Waals surface area contributed by atoms with E-state index in [4.69, 9.17) is 9.78 Å². The standard InChI is InChI=1S/C15H20O2/c1-10-5-6-13-11(9-10)12-7-8-15(13,4)17-16-14(12,2)3/h5-6,9,12H,7-8H2,1-4H3/t12-,15+/m0/s1. The zero-order valence-corrected chi connectivity index (χ0v) is 11.0. The minimum atomic E-state index is -0.271. The summed E-state index contributed by atoms with van der Waals surface area (Å²) in [6.07, 6.45) is 2.18. The van der Waals surface area contributed by atoms with Crippen LogP contribution >= 0.6 is 0 Å². The van der Waals surface area contributed by atoms with Gasteiger partial charge in [0.25, 0.3) is 0 Å². The third-order valence-corrected chi connectivity index (χ3v) is 4.34. The normalized spacial score (nSPS) is 34.2. The molecule has 1 aromatic carbocycles. The van der Waals surface area contributed by atoms with Crippen molar-refractivity contribution >= 4 is 0 Å². The maximum Gasteiger partial charge on any atom is 0.126 e. The second-order valence-electron chi connectivity index (χ2n) is 6.18. The van der Waals surface area contributed by atoms with Crippen LogP contribution in [0.25, 0.3) is 0 Å². The van der Waals surface area contributed by atoms with Crippen molar-refractivity contribution in [2.45, 2.75) is 57.7 Å². The SMILES string of the molecule is Cc1ccc2c(c1)[C@@H]1CC[C@@]2(C)OOC1(C)C. The molecule has 0 aromatic heterocycles. The highest BCUT2D eigenvalue weighted by Crippen LogP contribution is 2.52. The summed E-state index contributed by atoms with van der Waals surface area (Å²) in [5.41, 5.74) is 3.53. The molecule has 2 bridgehead atoms. The molecule has 3 aliphatic rings. The van der Waals surface area contributed by atoms with Crippen LogP contribution in [-0.2, 0) is 15.4 Å². The average Bonchev–Trinajstić information content (AvgIpc) is 2.42. The molecule has 1 saturated heterocycles. The molecule has 2 heteroatoms. The number of aryl methyl sites for hydroxylation is 1. The Kier molecular flexibility index (Phi) is 2.20. The Bertz CT molecular complexity index is 464. The molecule has 0 radical (unpaired) electrons. The number of hydrogen-bond acceptors (Lipinski definition) is 2. The van der Waals surface area contributed by atoms with Crippen LogP contribution in [0.3, 0.4) is 0 Å². The Labute approximate surface area is 103 Å². The highest BCUT2D eigenvalue weighted by molar-refractivity contribution is 5.42. The van der Waals surface area contributed by atoms with Crippen LogP contribution in [0.15, 0.2) is 18.2 Å². The predicted molar refractivity (Wildman–Crippen MR) is 66.8 cm³/mol. The monoisotopic (exact) mass is 232 g/mol. The molecule has 1 fully saturated rings. The number of rotatable bonds is 0. The quantitative estimate of drug-likeness (QED) is 0.633. The molecule has 0 saturated carbocycles. The van der Waals surface area contributed by atoms with Gasteiger partial charge >= 0.3 is 0 Å². The first-order chi connectivity index (χ1) is 7.92. The number of benzene rings is 1. The van der Waals surface area contributed by atoms with Crippen molar-refractivity contribution < 1.29 is 9.78 Å². The van der Waals surface area contributed by atoms with Gasteiger partial charge in [-0.1, -0.05) is 23.8 Å². The van der Waals surface area contributed by atoms with E-state index in [0.717, 1.165) is 12.8 Å². The molecule has 4 rings (SSSR count). The van der Waals surface area contributed by atoms with Crippen LogP contribution in [-0.4, -0.2) is 5.60 Å². The molecule has 17 heavy (non-hydrogen) atoms. The molecule has 0 amide bonds. The van der Waals surface area contributed by atoms with Crippen molar-refractivity contribution in [3.05, 3.63) is 34.9 Å². The second-order valence-corrected chi connectivity index (χ2v) is 6.18. The first-order valence-corrected chi connectivity index (χ1v) is 6.40. The summed E-state index contributed by atoms with van der Waals surface area (Å²) in [5, 5.41) is 0. The van der Waals surface area contributed by atoms with Gasteiger partial charge in [-0.15, -0.1) is 0 Å². The van der Waals surface area contributed by atoms with Gasteiger partial charge in [-0.25, -0.2) is 9.78 Å². The topological polar surface area (TPSA) is 18.5 Å². The predicted octanol–water partition coefficient (Wildman–Crippen LogP) is 3.83. The highest BCUT2D eigenvalue weighted by Gasteiger charge is 2.48. The van der Waals surface area contributed by atoms with Crippen LogP contribution in [0.4, 0.5) is 0 Å². The van der Waals surface area contributed by atoms with Crippen molar-refractivity contribution in [3.63, 3.8) is 0 Å². The van der Waals surface area contributed by atoms with Gasteiger partial charge in [0.15, 0.2) is 0 Å². The van der Waals surface area contributed by atoms with Crippen molar-refractivity contribution in [2.75, 3.05) is 0 Å². The molecule has 1 aromatic rings. The lowest BCUT2D eigenvalue weighted by Gasteiger charge is -2.35. The van der Waals surface area contributed by atoms with E-state index >= 15 is 0 Å². The lowest BCUT2D eigenvalue weighted by molar-refractivity contribution is -0.400. The minimum absolute atomic E-state index is 0.239. The Hall–Kier alpha value is -0.860. The molecular weight excluding hydrogens is 212 g/mol. The molecule has 2 nitrogen and oxygen atoms in total. The fourth-order valence-electron chi connectivity index (χ4n) is 3.23. The Morgan fingerprint density at radius 2 is 1.94 bits per heavy atom. The van der Waals surface area contributed by atoms with Gasteiger partial charge in [0.2, 0.25) is 0 Å². The van der Waals surface area contributed by atoms with Gasteiger partial charge < -0.3 is 0 Å². The third-order valence-electron chi connectivity index (χ3n) is 4.34. The highest BCUT2D eigenvalue weighted by atomic mass is 17.2. The van der Waals surface area contributed by atoms with Gasteiger partial charge in [0, 0.05) is 5.92 Å². The first kappa shape index (κ1) is 11.2. The summed E-state index contributed by atoms with van der Waals surface area (Å²) in [7, 11) is 0. The molecule has 0 unspecified atom stereocenters. The largest absolute Gasteiger partial charge is 0.229 e. The van der Waals surface area contributed by atoms with Gasteiger partial charge in [-0.3, -0.25) is 0 Å². The molecule has 2 aliphatic heterocycles. The maximum absolute atomic E-state index is 5.76. The van der Waals surface area contributed by atoms with Crippen molar-refractivity contribution in [1.82, 2.24) is 0 Å². The van der Waals surface area contributed by atoms with Crippen LogP contribution in [0.5, 0.6) is 0 Å². The van der Waals surface area contributed by atoms with Crippen LogP contribution < -0.4 is 0 Å². The molecule has 0 N–H and O–H groups in total. The smallest absolute Gasteiger partial charge is 0.126 e. The van der Waals surface area contributed by atoms with Crippen LogP contribution in [0, 0.1) is 6.92 Å². The summed E-state index contributed by atoms with van der Waals surface area (Å²) in [5.74, 6) is 0.438. The Balaban J connectivity index is 2.24. The molecule has 2 heterocycles. The number of fused-ring (bicyclic) bond motifs is 3. The average molecular weight is 232 g/mol. The van der Waals surface area contributed by atoms with E-state index in [-0.39, 0.29) is 11.2 Å². The molecule has 0 spiro atoms. The van der Waals surface area contributed by atoms with Crippen LogP contribution in [0.2, 0.25) is 0 Å². The minimum Gasteiger partial charge on any atom is -0.229 e.